The van der Waals surface area contributed by atoms with E-state index in [1.165, 1.54) is 45.2 Å². The maximum atomic E-state index is 14.5. The summed E-state index contributed by atoms with van der Waals surface area (Å²) in [6, 6.07) is 4.71. The van der Waals surface area contributed by atoms with Crippen LogP contribution in [0.3, 0.4) is 0 Å². The normalized spacial score (nSPS) is 12.0. The summed E-state index contributed by atoms with van der Waals surface area (Å²) in [6.07, 6.45) is -2.68. The first-order chi connectivity index (χ1) is 14.8. The van der Waals surface area contributed by atoms with Gasteiger partial charge in [0.1, 0.15) is 10.8 Å². The fourth-order valence-corrected chi connectivity index (χ4v) is 2.94. The molecule has 0 saturated heterocycles. The van der Waals surface area contributed by atoms with Gasteiger partial charge >= 0.3 is 6.18 Å². The highest BCUT2D eigenvalue weighted by molar-refractivity contribution is 6.34. The number of alkyl halides is 3. The van der Waals surface area contributed by atoms with Gasteiger partial charge in [-0.05, 0) is 32.9 Å². The standard InChI is InChI=1S/C20H18ClF4N5O2/c1-19(2,3)30-16(20(23,24)25)11(9-28-30)18(31)29-10-4-5-13(12(22)8-10)32-14-6-7-27-17(26)15(14)21/h4-9H,1-3H3,(H2,26,27)(H,29,31). The number of nitrogen functional groups attached to an aromatic ring is 1. The maximum Gasteiger partial charge on any atom is 0.433 e. The number of nitrogens with zero attached hydrogens (tertiary/aromatic N) is 3. The van der Waals surface area contributed by atoms with Crippen molar-refractivity contribution in [1.82, 2.24) is 14.8 Å². The van der Waals surface area contributed by atoms with Crippen LogP contribution < -0.4 is 15.8 Å². The zero-order chi connectivity index (χ0) is 23.8. The summed E-state index contributed by atoms with van der Waals surface area (Å²) in [4.78, 5) is 16.3. The van der Waals surface area contributed by atoms with E-state index in [0.29, 0.717) is 0 Å². The molecule has 0 aliphatic heterocycles. The van der Waals surface area contributed by atoms with E-state index in [4.69, 9.17) is 22.1 Å². The lowest BCUT2D eigenvalue weighted by Crippen LogP contribution is -2.30. The second kappa shape index (κ2) is 8.30. The molecule has 170 valence electrons. The molecule has 2 aromatic heterocycles. The van der Waals surface area contributed by atoms with Gasteiger partial charge in [-0.15, -0.1) is 0 Å². The largest absolute Gasteiger partial charge is 0.453 e. The Hall–Kier alpha value is -3.34. The monoisotopic (exact) mass is 471 g/mol. The van der Waals surface area contributed by atoms with E-state index in [1.807, 2.05) is 0 Å². The van der Waals surface area contributed by atoms with Crippen LogP contribution in [0.4, 0.5) is 29.1 Å². The molecule has 0 bridgehead atoms. The number of benzene rings is 1. The van der Waals surface area contributed by atoms with Crippen molar-refractivity contribution in [3.8, 4) is 11.5 Å². The average Bonchev–Trinajstić information content (AvgIpc) is 3.14. The fourth-order valence-electron chi connectivity index (χ4n) is 2.79. The maximum absolute atomic E-state index is 14.5. The van der Waals surface area contributed by atoms with Gasteiger partial charge in [-0.25, -0.2) is 9.37 Å². The Morgan fingerprint density at radius 2 is 1.88 bits per heavy atom. The highest BCUT2D eigenvalue weighted by atomic mass is 35.5. The molecule has 3 rings (SSSR count). The van der Waals surface area contributed by atoms with E-state index < -0.39 is 34.7 Å². The van der Waals surface area contributed by atoms with Crippen molar-refractivity contribution in [3.05, 3.63) is 58.8 Å². The van der Waals surface area contributed by atoms with Gasteiger partial charge in [0.15, 0.2) is 23.0 Å². The van der Waals surface area contributed by atoms with Gasteiger partial charge in [0, 0.05) is 24.0 Å². The predicted molar refractivity (Wildman–Crippen MR) is 110 cm³/mol. The van der Waals surface area contributed by atoms with Crippen LogP contribution in [0.15, 0.2) is 36.7 Å². The van der Waals surface area contributed by atoms with Crippen molar-refractivity contribution in [2.45, 2.75) is 32.5 Å². The lowest BCUT2D eigenvalue weighted by molar-refractivity contribution is -0.146. The number of nitrogens with one attached hydrogen (secondary N) is 1. The molecule has 1 amide bonds. The molecular weight excluding hydrogens is 454 g/mol. The van der Waals surface area contributed by atoms with Crippen molar-refractivity contribution in [2.24, 2.45) is 0 Å². The number of carbonyl (C=O) groups excluding carboxylic acids is 1. The molecule has 3 aromatic rings. The Kier molecular flexibility index (Phi) is 6.05. The van der Waals surface area contributed by atoms with Crippen molar-refractivity contribution >= 4 is 29.0 Å². The molecule has 0 atom stereocenters. The van der Waals surface area contributed by atoms with E-state index >= 15 is 0 Å². The van der Waals surface area contributed by atoms with Gasteiger partial charge in [-0.2, -0.15) is 18.3 Å². The Bertz CT molecular complexity index is 1170. The number of anilines is 2. The highest BCUT2D eigenvalue weighted by Gasteiger charge is 2.42. The third kappa shape index (κ3) is 4.77. The number of hydrogen-bond acceptors (Lipinski definition) is 5. The summed E-state index contributed by atoms with van der Waals surface area (Å²) in [5.41, 5.74) is 2.57. The van der Waals surface area contributed by atoms with E-state index in [9.17, 15) is 22.4 Å². The van der Waals surface area contributed by atoms with Gasteiger partial charge in [0.25, 0.3) is 5.91 Å². The molecule has 0 aliphatic carbocycles. The predicted octanol–water partition coefficient (Wildman–Crippen LogP) is 5.47. The third-order valence-electron chi connectivity index (χ3n) is 4.21. The van der Waals surface area contributed by atoms with Gasteiger partial charge in [0.2, 0.25) is 0 Å². The quantitative estimate of drug-likeness (QED) is 0.492. The number of pyridine rings is 1. The number of aromatic nitrogens is 3. The second-order valence-corrected chi connectivity index (χ2v) is 8.07. The van der Waals surface area contributed by atoms with Gasteiger partial charge < -0.3 is 15.8 Å². The summed E-state index contributed by atoms with van der Waals surface area (Å²) in [7, 11) is 0. The molecule has 0 radical (unpaired) electrons. The lowest BCUT2D eigenvalue weighted by Gasteiger charge is -2.23. The average molecular weight is 472 g/mol. The van der Waals surface area contributed by atoms with E-state index in [1.54, 1.807) is 0 Å². The highest BCUT2D eigenvalue weighted by Crippen LogP contribution is 2.36. The van der Waals surface area contributed by atoms with Crippen molar-refractivity contribution in [3.63, 3.8) is 0 Å². The van der Waals surface area contributed by atoms with Crippen molar-refractivity contribution < 1.29 is 27.1 Å². The first kappa shape index (κ1) is 23.3. The summed E-state index contributed by atoms with van der Waals surface area (Å²) in [5, 5.41) is 5.95. The van der Waals surface area contributed by atoms with E-state index in [0.717, 1.165) is 16.9 Å². The second-order valence-electron chi connectivity index (χ2n) is 7.70. The molecule has 0 fully saturated rings. The van der Waals surface area contributed by atoms with Crippen LogP contribution in [0.25, 0.3) is 0 Å². The summed E-state index contributed by atoms with van der Waals surface area (Å²) in [5.74, 6) is -2.18. The molecule has 1 aromatic carbocycles. The van der Waals surface area contributed by atoms with Crippen LogP contribution >= 0.6 is 11.6 Å². The number of halogens is 5. The van der Waals surface area contributed by atoms with E-state index in [2.05, 4.69) is 15.4 Å². The first-order valence-electron chi connectivity index (χ1n) is 9.13. The molecule has 2 heterocycles. The minimum Gasteiger partial charge on any atom is -0.453 e. The van der Waals surface area contributed by atoms with Crippen molar-refractivity contribution in [2.75, 3.05) is 11.1 Å². The van der Waals surface area contributed by atoms with Crippen LogP contribution in [0.1, 0.15) is 36.8 Å². The van der Waals surface area contributed by atoms with Gasteiger partial charge in [-0.3, -0.25) is 9.48 Å². The Morgan fingerprint density at radius 3 is 2.47 bits per heavy atom. The molecule has 0 unspecified atom stereocenters. The van der Waals surface area contributed by atoms with Crippen LogP contribution in [-0.4, -0.2) is 20.7 Å². The first-order valence-corrected chi connectivity index (χ1v) is 9.51. The number of nitrogens with two attached hydrogens (primary N) is 1. The zero-order valence-electron chi connectivity index (χ0n) is 17.1. The zero-order valence-corrected chi connectivity index (χ0v) is 17.8. The number of rotatable bonds is 4. The fraction of sp³-hybridized carbons (Fsp3) is 0.250. The lowest BCUT2D eigenvalue weighted by atomic mass is 10.1. The third-order valence-corrected chi connectivity index (χ3v) is 4.59. The molecular formula is C20H18ClF4N5O2. The number of hydrogen-bond donors (Lipinski definition) is 2. The molecule has 7 nitrogen and oxygen atoms in total. The molecule has 32 heavy (non-hydrogen) atoms. The van der Waals surface area contributed by atoms with Crippen LogP contribution in [0.2, 0.25) is 5.02 Å². The van der Waals surface area contributed by atoms with Crippen LogP contribution in [-0.2, 0) is 11.7 Å². The SMILES string of the molecule is CC(C)(C)n1ncc(C(=O)Nc2ccc(Oc3ccnc(N)c3Cl)c(F)c2)c1C(F)(F)F. The summed E-state index contributed by atoms with van der Waals surface area (Å²) >= 11 is 5.96. The molecule has 12 heteroatoms. The summed E-state index contributed by atoms with van der Waals surface area (Å²) < 4.78 is 61.4. The molecule has 0 spiro atoms. The van der Waals surface area contributed by atoms with Crippen LogP contribution in [0, 0.1) is 5.82 Å². The minimum atomic E-state index is -4.83. The van der Waals surface area contributed by atoms with Crippen molar-refractivity contribution in [1.29, 1.82) is 0 Å². The number of carbonyl (C=O) groups is 1. The Morgan fingerprint density at radius 1 is 1.19 bits per heavy atom. The molecule has 0 saturated carbocycles. The Balaban J connectivity index is 1.86. The minimum absolute atomic E-state index is 0.00951. The number of ether oxygens (including phenoxy) is 1. The van der Waals surface area contributed by atoms with Crippen LogP contribution in [0.5, 0.6) is 11.5 Å². The van der Waals surface area contributed by atoms with E-state index in [-0.39, 0.29) is 28.0 Å². The Labute approximate surface area is 185 Å². The summed E-state index contributed by atoms with van der Waals surface area (Å²) in [6.45, 7) is 4.56. The van der Waals surface area contributed by atoms with Gasteiger partial charge in [0.05, 0.1) is 17.3 Å². The number of amides is 1. The topological polar surface area (TPSA) is 95.1 Å². The smallest absolute Gasteiger partial charge is 0.433 e. The van der Waals surface area contributed by atoms with Gasteiger partial charge in [-0.1, -0.05) is 11.6 Å². The molecule has 0 aliphatic rings. The molecule has 3 N–H and O–H groups in total.